The molecule has 0 fully saturated rings. The molecule has 1 unspecified atom stereocenters. The number of aliphatic hydroxyl groups excluding tert-OH is 1. The van der Waals surface area contributed by atoms with Crippen LogP contribution in [0.3, 0.4) is 0 Å². The van der Waals surface area contributed by atoms with Gasteiger partial charge in [-0.2, -0.15) is 5.26 Å². The number of benzene rings is 1. The number of rotatable bonds is 5. The third-order valence-corrected chi connectivity index (χ3v) is 2.30. The quantitative estimate of drug-likeness (QED) is 0.748. The molecule has 1 aromatic carbocycles. The summed E-state index contributed by atoms with van der Waals surface area (Å²) >= 11 is 0. The third-order valence-electron chi connectivity index (χ3n) is 2.30. The van der Waals surface area contributed by atoms with Crippen molar-refractivity contribution in [3.8, 4) is 11.8 Å². The number of hydrogen-bond acceptors (Lipinski definition) is 3. The van der Waals surface area contributed by atoms with Crippen LogP contribution >= 0.6 is 0 Å². The van der Waals surface area contributed by atoms with E-state index >= 15 is 0 Å². The van der Waals surface area contributed by atoms with Crippen molar-refractivity contribution in [1.29, 1.82) is 5.26 Å². The molecule has 0 bridgehead atoms. The molecule has 80 valence electrons. The summed E-state index contributed by atoms with van der Waals surface area (Å²) in [5.74, 6) is 0.822. The molecular weight excluding hydrogens is 192 g/mol. The van der Waals surface area contributed by atoms with Gasteiger partial charge in [0.15, 0.2) is 0 Å². The summed E-state index contributed by atoms with van der Waals surface area (Å²) in [7, 11) is 1.62. The molecule has 0 saturated carbocycles. The van der Waals surface area contributed by atoms with Gasteiger partial charge in [-0.1, -0.05) is 12.1 Å². The number of nitriles is 1. The van der Waals surface area contributed by atoms with Crippen LogP contribution < -0.4 is 4.74 Å². The van der Waals surface area contributed by atoms with Crippen LogP contribution in [0.4, 0.5) is 0 Å². The minimum Gasteiger partial charge on any atom is -0.497 e. The standard InChI is InChI=1S/C12H15NO2/c1-15-12-4-2-3-10(8-12)7-11(9-14)5-6-13/h2-4,8,11,14H,5,7,9H2,1H3/i6+1,7+1. The van der Waals surface area contributed by atoms with Crippen molar-refractivity contribution in [3.63, 3.8) is 0 Å². The van der Waals surface area contributed by atoms with E-state index in [1.54, 1.807) is 7.11 Å². The lowest BCUT2D eigenvalue weighted by Gasteiger charge is -2.10. The molecule has 0 aliphatic rings. The van der Waals surface area contributed by atoms with Crippen molar-refractivity contribution in [2.24, 2.45) is 5.92 Å². The predicted molar refractivity (Wildman–Crippen MR) is 57.5 cm³/mol. The molecule has 0 amide bonds. The van der Waals surface area contributed by atoms with E-state index in [1.165, 1.54) is 0 Å². The second-order valence-electron chi connectivity index (χ2n) is 3.47. The van der Waals surface area contributed by atoms with Gasteiger partial charge in [0.2, 0.25) is 0 Å². The zero-order valence-electron chi connectivity index (χ0n) is 8.81. The van der Waals surface area contributed by atoms with Gasteiger partial charge in [-0.3, -0.25) is 0 Å². The summed E-state index contributed by atoms with van der Waals surface area (Å²) in [6, 6.07) is 9.77. The van der Waals surface area contributed by atoms with E-state index in [9.17, 15) is 0 Å². The van der Waals surface area contributed by atoms with Gasteiger partial charge in [-0.05, 0) is 30.0 Å². The van der Waals surface area contributed by atoms with Crippen molar-refractivity contribution < 1.29 is 9.84 Å². The van der Waals surface area contributed by atoms with Gasteiger partial charge in [0.1, 0.15) is 5.75 Å². The van der Waals surface area contributed by atoms with Gasteiger partial charge in [0, 0.05) is 13.0 Å². The highest BCUT2D eigenvalue weighted by molar-refractivity contribution is 5.28. The van der Waals surface area contributed by atoms with E-state index < -0.39 is 0 Å². The van der Waals surface area contributed by atoms with Crippen LogP contribution in [0.2, 0.25) is 0 Å². The van der Waals surface area contributed by atoms with E-state index in [0.29, 0.717) is 12.8 Å². The molecule has 0 saturated heterocycles. The Hall–Kier alpha value is -1.53. The fourth-order valence-electron chi connectivity index (χ4n) is 1.46. The van der Waals surface area contributed by atoms with Gasteiger partial charge in [0.05, 0.1) is 13.2 Å². The van der Waals surface area contributed by atoms with Crippen molar-refractivity contribution >= 4 is 0 Å². The van der Waals surface area contributed by atoms with Crippen LogP contribution in [0.1, 0.15) is 12.0 Å². The number of hydrogen-bond donors (Lipinski definition) is 1. The Bertz CT molecular complexity index is 344. The van der Waals surface area contributed by atoms with Gasteiger partial charge in [-0.15, -0.1) is 0 Å². The van der Waals surface area contributed by atoms with Crippen LogP contribution in [0.5, 0.6) is 5.75 Å². The van der Waals surface area contributed by atoms with E-state index in [0.717, 1.165) is 11.3 Å². The van der Waals surface area contributed by atoms with Crippen molar-refractivity contribution in [3.05, 3.63) is 29.8 Å². The SMILES string of the molecule is COc1cccc([13CH2]C(CO)C[13C]#N)c1. The number of methoxy groups -OCH3 is 1. The first-order valence-electron chi connectivity index (χ1n) is 4.91. The lowest BCUT2D eigenvalue weighted by Crippen LogP contribution is -2.08. The highest BCUT2D eigenvalue weighted by Crippen LogP contribution is 2.17. The minimum absolute atomic E-state index is 0.0158. The Morgan fingerprint density at radius 2 is 2.33 bits per heavy atom. The van der Waals surface area contributed by atoms with Crippen LogP contribution in [-0.2, 0) is 6.42 Å². The molecule has 0 aliphatic heterocycles. The maximum absolute atomic E-state index is 9.06. The molecule has 1 N–H and O–H groups in total. The topological polar surface area (TPSA) is 53.2 Å². The van der Waals surface area contributed by atoms with Crippen molar-refractivity contribution in [2.45, 2.75) is 12.8 Å². The number of nitrogens with zero attached hydrogens (tertiary/aromatic N) is 1. The lowest BCUT2D eigenvalue weighted by atomic mass is 10.1. The molecule has 3 heteroatoms. The summed E-state index contributed by atoms with van der Waals surface area (Å²) in [6.07, 6.45) is 1.09. The fraction of sp³-hybridized carbons (Fsp3) is 0.417. The van der Waals surface area contributed by atoms with Crippen LogP contribution in [0.15, 0.2) is 24.3 Å². The lowest BCUT2D eigenvalue weighted by molar-refractivity contribution is 0.228. The monoisotopic (exact) mass is 207 g/mol. The summed E-state index contributed by atoms with van der Waals surface area (Å²) in [5.41, 5.74) is 1.09. The maximum Gasteiger partial charge on any atom is 0.119 e. The molecule has 0 aromatic heterocycles. The molecule has 15 heavy (non-hydrogen) atoms. The third kappa shape index (κ3) is 3.61. The molecule has 0 aliphatic carbocycles. The van der Waals surface area contributed by atoms with E-state index in [1.807, 2.05) is 24.3 Å². The zero-order chi connectivity index (χ0) is 11.1. The molecule has 3 nitrogen and oxygen atoms in total. The average Bonchev–Trinajstić information content (AvgIpc) is 2.29. The molecule has 0 radical (unpaired) electrons. The first-order valence-corrected chi connectivity index (χ1v) is 4.91. The summed E-state index contributed by atoms with van der Waals surface area (Å²) in [4.78, 5) is 0. The first-order chi connectivity index (χ1) is 7.30. The van der Waals surface area contributed by atoms with Gasteiger partial charge in [0.25, 0.3) is 0 Å². The molecule has 1 aromatic rings. The second-order valence-corrected chi connectivity index (χ2v) is 3.47. The Kier molecular flexibility index (Phi) is 4.65. The highest BCUT2D eigenvalue weighted by atomic mass is 16.5. The zero-order valence-corrected chi connectivity index (χ0v) is 8.81. The van der Waals surface area contributed by atoms with E-state index in [4.69, 9.17) is 15.1 Å². The van der Waals surface area contributed by atoms with Gasteiger partial charge < -0.3 is 9.84 Å². The average molecular weight is 207 g/mol. The second kappa shape index (κ2) is 6.05. The molecular formula is C12H15NO2. The first kappa shape index (κ1) is 11.5. The summed E-state index contributed by atoms with van der Waals surface area (Å²) in [6.45, 7) is 0.0464. The molecule has 1 rings (SSSR count). The van der Waals surface area contributed by atoms with E-state index in [2.05, 4.69) is 6.07 Å². The Morgan fingerprint density at radius 3 is 2.93 bits per heavy atom. The number of ether oxygens (including phenoxy) is 1. The van der Waals surface area contributed by atoms with Crippen molar-refractivity contribution in [1.82, 2.24) is 0 Å². The Morgan fingerprint density at radius 1 is 1.53 bits per heavy atom. The van der Waals surface area contributed by atoms with Gasteiger partial charge >= 0.3 is 0 Å². The smallest absolute Gasteiger partial charge is 0.119 e. The van der Waals surface area contributed by atoms with Crippen molar-refractivity contribution in [2.75, 3.05) is 13.7 Å². The van der Waals surface area contributed by atoms with Crippen LogP contribution in [-0.4, -0.2) is 18.8 Å². The van der Waals surface area contributed by atoms with Gasteiger partial charge in [-0.25, -0.2) is 0 Å². The Balaban J connectivity index is 2.66. The largest absolute Gasteiger partial charge is 0.497 e. The Labute approximate surface area is 89.9 Å². The minimum atomic E-state index is 0.0158. The van der Waals surface area contributed by atoms with Crippen LogP contribution in [0, 0.1) is 17.2 Å². The fourth-order valence-corrected chi connectivity index (χ4v) is 1.46. The van der Waals surface area contributed by atoms with Crippen LogP contribution in [0.25, 0.3) is 0 Å². The van der Waals surface area contributed by atoms with E-state index in [-0.39, 0.29) is 12.5 Å². The molecule has 0 heterocycles. The molecule has 0 spiro atoms. The summed E-state index contributed by atoms with van der Waals surface area (Å²) < 4.78 is 5.10. The number of aliphatic hydroxyl groups is 1. The highest BCUT2D eigenvalue weighted by Gasteiger charge is 2.08. The summed E-state index contributed by atoms with van der Waals surface area (Å²) in [5, 5.41) is 17.6. The predicted octanol–water partition coefficient (Wildman–Crippen LogP) is 1.76. The maximum atomic E-state index is 9.06. The normalized spacial score (nSPS) is 11.8. The molecule has 1 atom stereocenters.